The second kappa shape index (κ2) is 5.67. The molecule has 2 atom stereocenters. The predicted molar refractivity (Wildman–Crippen MR) is 78.4 cm³/mol. The largest absolute Gasteiger partial charge is 0.497 e. The van der Waals surface area contributed by atoms with Crippen molar-refractivity contribution in [3.05, 3.63) is 30.9 Å². The number of likely N-dealkylation sites (N-methyl/N-ethyl adjacent to an activating group) is 1. The van der Waals surface area contributed by atoms with Crippen LogP contribution >= 0.6 is 11.8 Å². The van der Waals surface area contributed by atoms with E-state index in [4.69, 9.17) is 10.5 Å². The Morgan fingerprint density at radius 2 is 2.39 bits per heavy atom. The van der Waals surface area contributed by atoms with Crippen LogP contribution in [0.5, 0.6) is 5.75 Å². The summed E-state index contributed by atoms with van der Waals surface area (Å²) in [5.41, 5.74) is 7.50. The molecule has 0 saturated carbocycles. The average molecular weight is 264 g/mol. The van der Waals surface area contributed by atoms with Crippen molar-refractivity contribution in [2.24, 2.45) is 5.73 Å². The Labute approximate surface area is 113 Å². The van der Waals surface area contributed by atoms with Gasteiger partial charge in [0, 0.05) is 18.0 Å². The number of allylic oxidation sites excluding steroid dienone is 1. The van der Waals surface area contributed by atoms with Crippen molar-refractivity contribution < 1.29 is 4.74 Å². The van der Waals surface area contributed by atoms with E-state index in [2.05, 4.69) is 30.7 Å². The molecule has 2 unspecified atom stereocenters. The fourth-order valence-corrected chi connectivity index (χ4v) is 3.54. The van der Waals surface area contributed by atoms with Gasteiger partial charge in [0.1, 0.15) is 5.75 Å². The van der Waals surface area contributed by atoms with E-state index in [9.17, 15) is 0 Å². The molecular formula is C14H20N2OS. The summed E-state index contributed by atoms with van der Waals surface area (Å²) in [7, 11) is 3.79. The number of nitrogens with two attached hydrogens (primary N) is 1. The summed E-state index contributed by atoms with van der Waals surface area (Å²) in [4.78, 5) is 3.50. The number of hydrogen-bond acceptors (Lipinski definition) is 4. The van der Waals surface area contributed by atoms with E-state index >= 15 is 0 Å². The molecule has 0 aromatic heterocycles. The monoisotopic (exact) mass is 264 g/mol. The molecule has 1 heterocycles. The normalized spacial score (nSPS) is 19.5. The molecule has 3 nitrogen and oxygen atoms in total. The van der Waals surface area contributed by atoms with E-state index in [-0.39, 0.29) is 6.04 Å². The summed E-state index contributed by atoms with van der Waals surface area (Å²) in [5.74, 6) is 0.898. The Morgan fingerprint density at radius 3 is 3.06 bits per heavy atom. The number of nitrogens with zero attached hydrogens (tertiary/aromatic N) is 1. The fourth-order valence-electron chi connectivity index (χ4n) is 2.18. The summed E-state index contributed by atoms with van der Waals surface area (Å²) in [5, 5.41) is 0.298. The Kier molecular flexibility index (Phi) is 4.19. The second-order valence-corrected chi connectivity index (χ2v) is 5.64. The van der Waals surface area contributed by atoms with Crippen LogP contribution in [0.3, 0.4) is 0 Å². The highest BCUT2D eigenvalue weighted by molar-refractivity contribution is 8.00. The zero-order valence-electron chi connectivity index (χ0n) is 10.9. The van der Waals surface area contributed by atoms with Crippen molar-refractivity contribution in [3.8, 4) is 5.75 Å². The lowest BCUT2D eigenvalue weighted by molar-refractivity contribution is 0.414. The van der Waals surface area contributed by atoms with Crippen molar-refractivity contribution in [1.82, 2.24) is 0 Å². The third-order valence-electron chi connectivity index (χ3n) is 3.25. The first-order valence-electron chi connectivity index (χ1n) is 6.11. The molecule has 0 amide bonds. The fraction of sp³-hybridized carbons (Fsp3) is 0.429. The van der Waals surface area contributed by atoms with Crippen LogP contribution in [0.25, 0.3) is 0 Å². The quantitative estimate of drug-likeness (QED) is 0.830. The molecule has 18 heavy (non-hydrogen) atoms. The van der Waals surface area contributed by atoms with Crippen LogP contribution in [0.4, 0.5) is 5.69 Å². The van der Waals surface area contributed by atoms with Crippen LogP contribution in [-0.2, 0) is 0 Å². The number of benzene rings is 1. The topological polar surface area (TPSA) is 38.5 Å². The number of anilines is 1. The molecule has 1 aliphatic rings. The first-order valence-corrected chi connectivity index (χ1v) is 6.99. The Hall–Kier alpha value is -1.13. The number of thioether (sulfide) groups is 1. The number of methoxy groups -OCH3 is 1. The highest BCUT2D eigenvalue weighted by Crippen LogP contribution is 2.45. The highest BCUT2D eigenvalue weighted by atomic mass is 32.2. The molecule has 2 rings (SSSR count). The van der Waals surface area contributed by atoms with E-state index in [0.717, 1.165) is 18.6 Å². The molecule has 0 spiro atoms. The van der Waals surface area contributed by atoms with E-state index < -0.39 is 0 Å². The van der Waals surface area contributed by atoms with Crippen LogP contribution in [0.15, 0.2) is 35.7 Å². The van der Waals surface area contributed by atoms with Gasteiger partial charge in [0.25, 0.3) is 0 Å². The summed E-state index contributed by atoms with van der Waals surface area (Å²) < 4.78 is 5.26. The van der Waals surface area contributed by atoms with Crippen LogP contribution in [0.1, 0.15) is 12.8 Å². The standard InChI is InChI=1S/C14H20N2OS/c1-4-5-6-11(15)14-16(2)12-8-7-10(17-3)9-13(12)18-14/h4,7-9,11,14H,1,5-6,15H2,2-3H3. The summed E-state index contributed by atoms with van der Waals surface area (Å²) >= 11 is 1.82. The van der Waals surface area contributed by atoms with Gasteiger partial charge in [0.2, 0.25) is 0 Å². The lowest BCUT2D eigenvalue weighted by Crippen LogP contribution is -2.41. The number of hydrogen-bond donors (Lipinski definition) is 1. The lowest BCUT2D eigenvalue weighted by Gasteiger charge is -2.26. The van der Waals surface area contributed by atoms with Crippen LogP contribution in [0.2, 0.25) is 0 Å². The van der Waals surface area contributed by atoms with E-state index in [0.29, 0.717) is 5.37 Å². The minimum absolute atomic E-state index is 0.149. The minimum Gasteiger partial charge on any atom is -0.497 e. The van der Waals surface area contributed by atoms with Gasteiger partial charge in [-0.3, -0.25) is 0 Å². The lowest BCUT2D eigenvalue weighted by atomic mass is 10.1. The van der Waals surface area contributed by atoms with Crippen molar-refractivity contribution in [3.63, 3.8) is 0 Å². The first kappa shape index (κ1) is 13.3. The Balaban J connectivity index is 2.13. The second-order valence-electron chi connectivity index (χ2n) is 4.48. The molecule has 1 aromatic carbocycles. The molecule has 2 N–H and O–H groups in total. The minimum atomic E-state index is 0.149. The summed E-state index contributed by atoms with van der Waals surface area (Å²) in [6.45, 7) is 3.75. The van der Waals surface area contributed by atoms with E-state index in [1.165, 1.54) is 10.6 Å². The van der Waals surface area contributed by atoms with Gasteiger partial charge in [-0.2, -0.15) is 0 Å². The molecule has 98 valence electrons. The molecular weight excluding hydrogens is 244 g/mol. The van der Waals surface area contributed by atoms with Crippen molar-refractivity contribution in [1.29, 1.82) is 0 Å². The van der Waals surface area contributed by atoms with Gasteiger partial charge < -0.3 is 15.4 Å². The predicted octanol–water partition coefficient (Wildman–Crippen LogP) is 2.86. The van der Waals surface area contributed by atoms with Crippen molar-refractivity contribution in [2.75, 3.05) is 19.1 Å². The molecule has 0 radical (unpaired) electrons. The van der Waals surface area contributed by atoms with E-state index in [1.54, 1.807) is 7.11 Å². The van der Waals surface area contributed by atoms with Gasteiger partial charge in [0.05, 0.1) is 18.2 Å². The maximum absolute atomic E-state index is 6.26. The number of fused-ring (bicyclic) bond motifs is 1. The SMILES string of the molecule is C=CCCC(N)C1Sc2cc(OC)ccc2N1C. The Bertz CT molecular complexity index is 436. The summed E-state index contributed by atoms with van der Waals surface area (Å²) in [6.07, 6.45) is 3.86. The van der Waals surface area contributed by atoms with Crippen LogP contribution in [0, 0.1) is 0 Å². The third-order valence-corrected chi connectivity index (χ3v) is 4.74. The highest BCUT2D eigenvalue weighted by Gasteiger charge is 2.31. The molecule has 0 saturated heterocycles. The number of ether oxygens (including phenoxy) is 1. The zero-order chi connectivity index (χ0) is 13.1. The summed E-state index contributed by atoms with van der Waals surface area (Å²) in [6, 6.07) is 6.32. The Morgan fingerprint density at radius 1 is 1.61 bits per heavy atom. The van der Waals surface area contributed by atoms with Gasteiger partial charge >= 0.3 is 0 Å². The molecule has 0 bridgehead atoms. The van der Waals surface area contributed by atoms with Gasteiger partial charge in [0.15, 0.2) is 0 Å². The molecule has 1 aliphatic heterocycles. The first-order chi connectivity index (χ1) is 8.67. The number of rotatable bonds is 5. The van der Waals surface area contributed by atoms with Gasteiger partial charge in [-0.15, -0.1) is 6.58 Å². The average Bonchev–Trinajstić information content (AvgIpc) is 2.72. The van der Waals surface area contributed by atoms with Gasteiger partial charge in [-0.05, 0) is 31.0 Å². The maximum atomic E-state index is 6.26. The molecule has 0 fully saturated rings. The van der Waals surface area contributed by atoms with Crippen LogP contribution < -0.4 is 15.4 Å². The smallest absolute Gasteiger partial charge is 0.120 e. The van der Waals surface area contributed by atoms with Crippen molar-refractivity contribution in [2.45, 2.75) is 29.2 Å². The van der Waals surface area contributed by atoms with E-state index in [1.807, 2.05) is 23.9 Å². The molecule has 1 aromatic rings. The third kappa shape index (κ3) is 2.49. The molecule has 4 heteroatoms. The van der Waals surface area contributed by atoms with Gasteiger partial charge in [-0.1, -0.05) is 17.8 Å². The van der Waals surface area contributed by atoms with Crippen molar-refractivity contribution >= 4 is 17.4 Å². The molecule has 0 aliphatic carbocycles. The zero-order valence-corrected chi connectivity index (χ0v) is 11.7. The van der Waals surface area contributed by atoms with Gasteiger partial charge in [-0.25, -0.2) is 0 Å². The van der Waals surface area contributed by atoms with Crippen LogP contribution in [-0.4, -0.2) is 25.6 Å². The maximum Gasteiger partial charge on any atom is 0.120 e.